The van der Waals surface area contributed by atoms with E-state index in [0.717, 1.165) is 64.6 Å². The standard InChI is InChI=1S/C26H24N8O/c27-24-22-23(33-34(26(22)31-14-30-24)18-9-6-16(7-10-18)25(28)35)17-5-4-15-8-11-20(32-21(15)13-17)19-3-1-2-12-29-19/h1-5,8,11-14,16,18H,6-7,9-10H2,(H2,28,35)(H2,27,30,31). The van der Waals surface area contributed by atoms with Crippen LogP contribution in [0.4, 0.5) is 5.82 Å². The van der Waals surface area contributed by atoms with Crippen molar-refractivity contribution in [2.75, 3.05) is 5.73 Å². The van der Waals surface area contributed by atoms with Crippen LogP contribution in [0.25, 0.3) is 44.6 Å². The van der Waals surface area contributed by atoms with E-state index in [4.69, 9.17) is 21.5 Å². The summed E-state index contributed by atoms with van der Waals surface area (Å²) in [5, 5.41) is 6.73. The number of rotatable bonds is 4. The van der Waals surface area contributed by atoms with Crippen LogP contribution in [0.1, 0.15) is 31.7 Å². The van der Waals surface area contributed by atoms with Gasteiger partial charge in [-0.1, -0.05) is 24.3 Å². The lowest BCUT2D eigenvalue weighted by atomic mass is 9.86. The van der Waals surface area contributed by atoms with Crippen LogP contribution < -0.4 is 11.5 Å². The number of hydrogen-bond donors (Lipinski definition) is 2. The number of anilines is 1. The van der Waals surface area contributed by atoms with Crippen LogP contribution in [-0.4, -0.2) is 35.6 Å². The number of aromatic nitrogens is 6. The van der Waals surface area contributed by atoms with Gasteiger partial charge in [-0.05, 0) is 49.9 Å². The van der Waals surface area contributed by atoms with Crippen LogP contribution in [0.3, 0.4) is 0 Å². The van der Waals surface area contributed by atoms with E-state index in [1.807, 2.05) is 53.2 Å². The maximum Gasteiger partial charge on any atom is 0.220 e. The highest BCUT2D eigenvalue weighted by Crippen LogP contribution is 2.38. The van der Waals surface area contributed by atoms with Crippen molar-refractivity contribution in [2.45, 2.75) is 31.7 Å². The van der Waals surface area contributed by atoms with Crippen molar-refractivity contribution in [2.24, 2.45) is 11.7 Å². The smallest absolute Gasteiger partial charge is 0.220 e. The monoisotopic (exact) mass is 464 g/mol. The van der Waals surface area contributed by atoms with Crippen molar-refractivity contribution in [3.8, 4) is 22.6 Å². The van der Waals surface area contributed by atoms with Crippen molar-refractivity contribution in [1.29, 1.82) is 0 Å². The van der Waals surface area contributed by atoms with Crippen LogP contribution in [0, 0.1) is 5.92 Å². The Balaban J connectivity index is 1.44. The molecule has 1 fully saturated rings. The second-order valence-corrected chi connectivity index (χ2v) is 8.98. The molecule has 0 spiro atoms. The van der Waals surface area contributed by atoms with Crippen molar-refractivity contribution >= 4 is 33.7 Å². The second-order valence-electron chi connectivity index (χ2n) is 8.98. The average molecular weight is 465 g/mol. The molecule has 0 aliphatic heterocycles. The molecule has 4 N–H and O–H groups in total. The molecule has 1 amide bonds. The van der Waals surface area contributed by atoms with Crippen LogP contribution in [0.2, 0.25) is 0 Å². The minimum Gasteiger partial charge on any atom is -0.383 e. The van der Waals surface area contributed by atoms with Crippen LogP contribution in [0.5, 0.6) is 0 Å². The second kappa shape index (κ2) is 8.43. The number of fused-ring (bicyclic) bond motifs is 2. The van der Waals surface area contributed by atoms with Gasteiger partial charge in [-0.3, -0.25) is 9.78 Å². The molecule has 9 heteroatoms. The zero-order valence-electron chi connectivity index (χ0n) is 19.0. The van der Waals surface area contributed by atoms with Crippen molar-refractivity contribution in [3.05, 3.63) is 61.1 Å². The van der Waals surface area contributed by atoms with E-state index >= 15 is 0 Å². The fraction of sp³-hybridized carbons (Fsp3) is 0.231. The Kier molecular flexibility index (Phi) is 5.09. The SMILES string of the molecule is NC(=O)C1CCC(n2nc(-c3ccc4ccc(-c5ccccn5)nc4c3)c3c(N)ncnc32)CC1. The molecule has 0 atom stereocenters. The summed E-state index contributed by atoms with van der Waals surface area (Å²) >= 11 is 0. The first-order valence-corrected chi connectivity index (χ1v) is 11.7. The van der Waals surface area contributed by atoms with Gasteiger partial charge in [0.1, 0.15) is 17.8 Å². The third-order valence-corrected chi connectivity index (χ3v) is 6.86. The van der Waals surface area contributed by atoms with Crippen molar-refractivity contribution < 1.29 is 4.79 Å². The zero-order valence-corrected chi connectivity index (χ0v) is 19.0. The largest absolute Gasteiger partial charge is 0.383 e. The van der Waals surface area contributed by atoms with Gasteiger partial charge in [0.05, 0.1) is 28.3 Å². The van der Waals surface area contributed by atoms with Crippen LogP contribution >= 0.6 is 0 Å². The van der Waals surface area contributed by atoms with E-state index in [1.54, 1.807) is 6.20 Å². The number of pyridine rings is 2. The van der Waals surface area contributed by atoms with Gasteiger partial charge < -0.3 is 11.5 Å². The third-order valence-electron chi connectivity index (χ3n) is 6.86. The molecule has 1 aliphatic carbocycles. The molecule has 5 aromatic rings. The molecule has 0 unspecified atom stereocenters. The molecule has 1 saturated carbocycles. The minimum absolute atomic E-state index is 0.0768. The summed E-state index contributed by atoms with van der Waals surface area (Å²) in [7, 11) is 0. The van der Waals surface area contributed by atoms with Gasteiger partial charge in [-0.2, -0.15) is 5.10 Å². The van der Waals surface area contributed by atoms with E-state index in [-0.39, 0.29) is 17.9 Å². The Bertz CT molecular complexity index is 1550. The molecule has 0 bridgehead atoms. The summed E-state index contributed by atoms with van der Waals surface area (Å²) in [6.07, 6.45) is 6.33. The van der Waals surface area contributed by atoms with E-state index in [0.29, 0.717) is 11.5 Å². The predicted octanol–water partition coefficient (Wildman–Crippen LogP) is 3.90. The van der Waals surface area contributed by atoms with Crippen LogP contribution in [0.15, 0.2) is 61.1 Å². The summed E-state index contributed by atoms with van der Waals surface area (Å²) in [6, 6.07) is 16.0. The number of carbonyl (C=O) groups excluding carboxylic acids is 1. The highest BCUT2D eigenvalue weighted by Gasteiger charge is 2.29. The summed E-state index contributed by atoms with van der Waals surface area (Å²) < 4.78 is 1.95. The van der Waals surface area contributed by atoms with Crippen molar-refractivity contribution in [1.82, 2.24) is 29.7 Å². The molecular weight excluding hydrogens is 440 g/mol. The number of carbonyl (C=O) groups is 1. The minimum atomic E-state index is -0.227. The lowest BCUT2D eigenvalue weighted by Crippen LogP contribution is -2.28. The van der Waals surface area contributed by atoms with Gasteiger partial charge in [0.2, 0.25) is 5.91 Å². The maximum absolute atomic E-state index is 11.6. The Morgan fingerprint density at radius 2 is 1.77 bits per heavy atom. The van der Waals surface area contributed by atoms with Crippen LogP contribution in [-0.2, 0) is 4.79 Å². The maximum atomic E-state index is 11.6. The lowest BCUT2D eigenvalue weighted by molar-refractivity contribution is -0.122. The van der Waals surface area contributed by atoms with Gasteiger partial charge in [0, 0.05) is 23.1 Å². The van der Waals surface area contributed by atoms with Gasteiger partial charge in [0.15, 0.2) is 5.65 Å². The highest BCUT2D eigenvalue weighted by molar-refractivity contribution is 6.00. The molecule has 0 radical (unpaired) electrons. The highest BCUT2D eigenvalue weighted by atomic mass is 16.1. The molecule has 1 aromatic carbocycles. The number of nitrogen functional groups attached to an aromatic ring is 1. The normalized spacial score (nSPS) is 18.2. The Labute approximate surface area is 201 Å². The molecular formula is C26H24N8O. The number of primary amides is 1. The molecule has 9 nitrogen and oxygen atoms in total. The Hall–Kier alpha value is -4.40. The number of nitrogens with two attached hydrogens (primary N) is 2. The third kappa shape index (κ3) is 3.74. The summed E-state index contributed by atoms with van der Waals surface area (Å²) in [4.78, 5) is 29.6. The molecule has 6 rings (SSSR count). The first-order chi connectivity index (χ1) is 17.1. The van der Waals surface area contributed by atoms with E-state index < -0.39 is 0 Å². The zero-order chi connectivity index (χ0) is 23.9. The summed E-state index contributed by atoms with van der Waals surface area (Å²) in [5.74, 6) is 0.0826. The predicted molar refractivity (Wildman–Crippen MR) is 134 cm³/mol. The molecule has 1 aliphatic rings. The van der Waals surface area contributed by atoms with Gasteiger partial charge in [-0.25, -0.2) is 19.6 Å². The Morgan fingerprint density at radius 1 is 0.943 bits per heavy atom. The Morgan fingerprint density at radius 3 is 2.54 bits per heavy atom. The van der Waals surface area contributed by atoms with E-state index in [2.05, 4.69) is 15.0 Å². The number of benzene rings is 1. The molecule has 35 heavy (non-hydrogen) atoms. The lowest BCUT2D eigenvalue weighted by Gasteiger charge is -2.27. The van der Waals surface area contributed by atoms with Gasteiger partial charge >= 0.3 is 0 Å². The quantitative estimate of drug-likeness (QED) is 0.411. The van der Waals surface area contributed by atoms with Crippen molar-refractivity contribution in [3.63, 3.8) is 0 Å². The fourth-order valence-electron chi connectivity index (χ4n) is 4.98. The van der Waals surface area contributed by atoms with E-state index in [1.165, 1.54) is 6.33 Å². The number of hydrogen-bond acceptors (Lipinski definition) is 7. The number of nitrogens with zero attached hydrogens (tertiary/aromatic N) is 6. The first-order valence-electron chi connectivity index (χ1n) is 11.7. The fourth-order valence-corrected chi connectivity index (χ4v) is 4.98. The molecule has 174 valence electrons. The first kappa shape index (κ1) is 21.2. The average Bonchev–Trinajstić information content (AvgIpc) is 3.30. The topological polar surface area (TPSA) is 138 Å². The van der Waals surface area contributed by atoms with Gasteiger partial charge in [0.25, 0.3) is 0 Å². The van der Waals surface area contributed by atoms with E-state index in [9.17, 15) is 4.79 Å². The van der Waals surface area contributed by atoms with Gasteiger partial charge in [-0.15, -0.1) is 0 Å². The number of amides is 1. The summed E-state index contributed by atoms with van der Waals surface area (Å²) in [5.41, 5.74) is 16.6. The summed E-state index contributed by atoms with van der Waals surface area (Å²) in [6.45, 7) is 0. The molecule has 4 heterocycles. The molecule has 0 saturated heterocycles. The molecule has 4 aromatic heterocycles.